The van der Waals surface area contributed by atoms with Crippen molar-refractivity contribution >= 4 is 19.0 Å². The molecule has 1 unspecified atom stereocenters. The fourth-order valence-electron chi connectivity index (χ4n) is 1.41. The van der Waals surface area contributed by atoms with E-state index in [9.17, 15) is 4.79 Å². The zero-order valence-corrected chi connectivity index (χ0v) is 8.83. The van der Waals surface area contributed by atoms with Crippen LogP contribution in [-0.2, 0) is 9.57 Å². The molecule has 14 heavy (non-hydrogen) atoms. The zero-order chi connectivity index (χ0) is 10.2. The van der Waals surface area contributed by atoms with Crippen molar-refractivity contribution in [2.24, 2.45) is 0 Å². The van der Waals surface area contributed by atoms with Crippen molar-refractivity contribution in [1.82, 2.24) is 4.89 Å². The predicted molar refractivity (Wildman–Crippen MR) is 55.7 cm³/mol. The van der Waals surface area contributed by atoms with Gasteiger partial charge in [-0.15, -0.1) is 0 Å². The number of carbonyl (C=O) groups excluding carboxylic acids is 1. The van der Waals surface area contributed by atoms with Crippen LogP contribution < -0.4 is 4.89 Å². The molecule has 1 rings (SSSR count). The van der Waals surface area contributed by atoms with Crippen molar-refractivity contribution in [3.8, 4) is 0 Å². The molecule has 0 radical (unpaired) electrons. The lowest BCUT2D eigenvalue weighted by atomic mass is 10.0. The molecule has 0 fully saturated rings. The highest BCUT2D eigenvalue weighted by Crippen LogP contribution is 2.14. The van der Waals surface area contributed by atoms with Gasteiger partial charge in [0.25, 0.3) is 0 Å². The lowest BCUT2D eigenvalue weighted by Crippen LogP contribution is -2.20. The van der Waals surface area contributed by atoms with Crippen LogP contribution in [0.2, 0.25) is 0 Å². The number of hydrogen-bond acceptors (Lipinski definition) is 5. The average Bonchev–Trinajstić information content (AvgIpc) is 2.10. The third-order valence-corrected chi connectivity index (χ3v) is 2.18. The number of carbonyl (C=O) groups is 1. The first-order valence-corrected chi connectivity index (χ1v) is 5.21. The number of hydrogen-bond donors (Lipinski definition) is 2. The third kappa shape index (κ3) is 4.53. The average molecular weight is 217 g/mol. The Hall–Kier alpha value is -0.680. The fourth-order valence-corrected chi connectivity index (χ4v) is 1.49. The van der Waals surface area contributed by atoms with Crippen molar-refractivity contribution in [2.45, 2.75) is 38.2 Å². The SMILES string of the molecule is O=C(ONS)OC1/C=C/CCCCC1. The van der Waals surface area contributed by atoms with Crippen LogP contribution in [0.25, 0.3) is 0 Å². The number of nitrogens with one attached hydrogen (secondary N) is 1. The van der Waals surface area contributed by atoms with E-state index in [1.54, 1.807) is 0 Å². The van der Waals surface area contributed by atoms with Crippen LogP contribution in [0.15, 0.2) is 12.2 Å². The molecule has 0 aromatic heterocycles. The summed E-state index contributed by atoms with van der Waals surface area (Å²) in [5.41, 5.74) is 0. The van der Waals surface area contributed by atoms with Gasteiger partial charge in [0.1, 0.15) is 6.10 Å². The molecule has 80 valence electrons. The summed E-state index contributed by atoms with van der Waals surface area (Å²) >= 11 is 3.53. The molecule has 0 saturated carbocycles. The number of ether oxygens (including phenoxy) is 1. The van der Waals surface area contributed by atoms with E-state index in [1.165, 1.54) is 12.8 Å². The fraction of sp³-hybridized carbons (Fsp3) is 0.667. The number of allylic oxidation sites excluding steroid dienone is 1. The van der Waals surface area contributed by atoms with Gasteiger partial charge < -0.3 is 9.57 Å². The second-order valence-electron chi connectivity index (χ2n) is 3.17. The van der Waals surface area contributed by atoms with Gasteiger partial charge in [0.15, 0.2) is 0 Å². The maximum absolute atomic E-state index is 10.9. The van der Waals surface area contributed by atoms with Crippen LogP contribution in [0.4, 0.5) is 4.79 Å². The minimum Gasteiger partial charge on any atom is -0.425 e. The van der Waals surface area contributed by atoms with Crippen molar-refractivity contribution in [3.63, 3.8) is 0 Å². The number of rotatable bonds is 2. The first-order valence-electron chi connectivity index (χ1n) is 4.76. The summed E-state index contributed by atoms with van der Waals surface area (Å²) in [6.45, 7) is 0. The minimum absolute atomic E-state index is 0.163. The first kappa shape index (κ1) is 11.4. The summed E-state index contributed by atoms with van der Waals surface area (Å²) in [7, 11) is 0. The molecule has 1 aliphatic rings. The summed E-state index contributed by atoms with van der Waals surface area (Å²) in [6, 6.07) is 0. The van der Waals surface area contributed by atoms with Gasteiger partial charge in [-0.05, 0) is 31.8 Å². The van der Waals surface area contributed by atoms with Gasteiger partial charge in [-0.2, -0.15) is 0 Å². The van der Waals surface area contributed by atoms with E-state index in [2.05, 4.69) is 17.7 Å². The lowest BCUT2D eigenvalue weighted by molar-refractivity contribution is 0.0231. The summed E-state index contributed by atoms with van der Waals surface area (Å²) in [5, 5.41) is 0. The van der Waals surface area contributed by atoms with Gasteiger partial charge in [-0.1, -0.05) is 30.2 Å². The Kier molecular flexibility index (Phi) is 5.47. The van der Waals surface area contributed by atoms with E-state index in [4.69, 9.17) is 4.74 Å². The van der Waals surface area contributed by atoms with Gasteiger partial charge in [0.2, 0.25) is 0 Å². The zero-order valence-electron chi connectivity index (χ0n) is 7.94. The summed E-state index contributed by atoms with van der Waals surface area (Å²) in [5.74, 6) is 0. The molecular weight excluding hydrogens is 202 g/mol. The van der Waals surface area contributed by atoms with E-state index >= 15 is 0 Å². The third-order valence-electron chi connectivity index (χ3n) is 2.09. The standard InChI is InChI=1S/C9H15NO3S/c11-9(13-10-14)12-8-6-4-2-1-3-5-7-8/h4,6,8,10,14H,1-3,5,7H2/b6-4+. The molecule has 1 aliphatic carbocycles. The van der Waals surface area contributed by atoms with Gasteiger partial charge in [-0.25, -0.2) is 4.79 Å². The van der Waals surface area contributed by atoms with Crippen LogP contribution in [0.3, 0.4) is 0 Å². The molecule has 0 aromatic carbocycles. The van der Waals surface area contributed by atoms with Gasteiger partial charge in [-0.3, -0.25) is 0 Å². The highest BCUT2D eigenvalue weighted by molar-refractivity contribution is 7.77. The van der Waals surface area contributed by atoms with Crippen molar-refractivity contribution < 1.29 is 14.4 Å². The molecular formula is C9H15NO3S. The first-order chi connectivity index (χ1) is 6.83. The van der Waals surface area contributed by atoms with Crippen molar-refractivity contribution in [2.75, 3.05) is 0 Å². The Labute approximate surface area is 89.1 Å². The molecule has 0 saturated heterocycles. The normalized spacial score (nSPS) is 24.5. The van der Waals surface area contributed by atoms with Crippen LogP contribution in [0, 0.1) is 0 Å². The van der Waals surface area contributed by atoms with E-state index in [0.717, 1.165) is 19.3 Å². The molecule has 1 atom stereocenters. The number of thiol groups is 1. The van der Waals surface area contributed by atoms with Crippen molar-refractivity contribution in [1.29, 1.82) is 0 Å². The molecule has 0 aromatic rings. The maximum atomic E-state index is 10.9. The molecule has 0 bridgehead atoms. The van der Waals surface area contributed by atoms with Crippen LogP contribution >= 0.6 is 12.8 Å². The van der Waals surface area contributed by atoms with Crippen molar-refractivity contribution in [3.05, 3.63) is 12.2 Å². The quantitative estimate of drug-likeness (QED) is 0.323. The Morgan fingerprint density at radius 2 is 2.29 bits per heavy atom. The summed E-state index contributed by atoms with van der Waals surface area (Å²) in [4.78, 5) is 17.2. The largest absolute Gasteiger partial charge is 0.529 e. The Morgan fingerprint density at radius 3 is 3.07 bits per heavy atom. The topological polar surface area (TPSA) is 47.6 Å². The summed E-state index contributed by atoms with van der Waals surface area (Å²) in [6.07, 6.45) is 8.45. The molecule has 5 heteroatoms. The predicted octanol–water partition coefficient (Wildman–Crippen LogP) is 2.38. The Morgan fingerprint density at radius 1 is 1.43 bits per heavy atom. The Bertz CT molecular complexity index is 208. The molecule has 0 amide bonds. The van der Waals surface area contributed by atoms with E-state index in [1.807, 2.05) is 17.0 Å². The molecule has 0 spiro atoms. The van der Waals surface area contributed by atoms with Gasteiger partial charge >= 0.3 is 6.16 Å². The maximum Gasteiger partial charge on any atom is 0.529 e. The smallest absolute Gasteiger partial charge is 0.425 e. The lowest BCUT2D eigenvalue weighted by Gasteiger charge is -2.14. The minimum atomic E-state index is -0.741. The van der Waals surface area contributed by atoms with E-state index in [-0.39, 0.29) is 6.10 Å². The van der Waals surface area contributed by atoms with Crippen LogP contribution in [-0.4, -0.2) is 12.3 Å². The monoisotopic (exact) mass is 217 g/mol. The highest BCUT2D eigenvalue weighted by atomic mass is 32.1. The van der Waals surface area contributed by atoms with Crippen LogP contribution in [0.1, 0.15) is 32.1 Å². The second kappa shape index (κ2) is 6.73. The molecule has 4 nitrogen and oxygen atoms in total. The van der Waals surface area contributed by atoms with Crippen LogP contribution in [0.5, 0.6) is 0 Å². The molecule has 1 N–H and O–H groups in total. The second-order valence-corrected chi connectivity index (χ2v) is 3.35. The highest BCUT2D eigenvalue weighted by Gasteiger charge is 2.13. The van der Waals surface area contributed by atoms with Gasteiger partial charge in [0, 0.05) is 0 Å². The van der Waals surface area contributed by atoms with Gasteiger partial charge in [0.05, 0.1) is 0 Å². The van der Waals surface area contributed by atoms with E-state index in [0.29, 0.717) is 0 Å². The molecule has 0 aliphatic heterocycles. The Balaban J connectivity index is 2.33. The summed E-state index contributed by atoms with van der Waals surface area (Å²) < 4.78 is 5.01. The molecule has 0 heterocycles. The van der Waals surface area contributed by atoms with E-state index < -0.39 is 6.16 Å².